The van der Waals surface area contributed by atoms with Crippen LogP contribution in [0.15, 0.2) is 77.9 Å². The van der Waals surface area contributed by atoms with Crippen LogP contribution in [0.3, 0.4) is 0 Å². The Balaban J connectivity index is 1.25. The quantitative estimate of drug-likeness (QED) is 0.141. The molecule has 48 heavy (non-hydrogen) atoms. The minimum Gasteiger partial charge on any atom is -0.481 e. The number of pyridine rings is 2. The molecule has 1 amide bonds. The van der Waals surface area contributed by atoms with E-state index in [1.807, 2.05) is 67.6 Å². The van der Waals surface area contributed by atoms with Gasteiger partial charge in [0, 0.05) is 90.5 Å². The monoisotopic (exact) mass is 685 g/mol. The minimum atomic E-state index is -0.138. The summed E-state index contributed by atoms with van der Waals surface area (Å²) in [6.45, 7) is 4.11. The molecule has 0 saturated carbocycles. The summed E-state index contributed by atoms with van der Waals surface area (Å²) in [5.41, 5.74) is 12.2. The van der Waals surface area contributed by atoms with E-state index < -0.39 is 0 Å². The molecule has 3 aromatic heterocycles. The van der Waals surface area contributed by atoms with Crippen molar-refractivity contribution in [3.63, 3.8) is 0 Å². The Kier molecular flexibility index (Phi) is 10.4. The summed E-state index contributed by atoms with van der Waals surface area (Å²) in [5, 5.41) is 10.6. The van der Waals surface area contributed by atoms with Gasteiger partial charge in [-0.2, -0.15) is 0 Å². The number of hydrogen-bond acceptors (Lipinski definition) is 8. The summed E-state index contributed by atoms with van der Waals surface area (Å²) in [6.07, 6.45) is 4.72. The van der Waals surface area contributed by atoms with Crippen LogP contribution in [0.2, 0.25) is 10.0 Å². The van der Waals surface area contributed by atoms with Crippen molar-refractivity contribution in [1.82, 2.24) is 30.3 Å². The second-order valence-corrected chi connectivity index (χ2v) is 12.7. The summed E-state index contributed by atoms with van der Waals surface area (Å²) >= 11 is 14.1. The molecule has 4 heterocycles. The third-order valence-corrected chi connectivity index (χ3v) is 9.18. The van der Waals surface area contributed by atoms with Gasteiger partial charge in [0.15, 0.2) is 0 Å². The van der Waals surface area contributed by atoms with Crippen LogP contribution in [0.25, 0.3) is 39.2 Å². The van der Waals surface area contributed by atoms with E-state index >= 15 is 0 Å². The maximum atomic E-state index is 13.1. The van der Waals surface area contributed by atoms with E-state index in [2.05, 4.69) is 20.9 Å². The summed E-state index contributed by atoms with van der Waals surface area (Å²) < 4.78 is 7.17. The third kappa shape index (κ3) is 7.23. The third-order valence-electron chi connectivity index (χ3n) is 8.36. The Morgan fingerprint density at radius 2 is 1.69 bits per heavy atom. The fraction of sp³-hybridized carbons (Fsp3) is 0.278. The lowest BCUT2D eigenvalue weighted by Gasteiger charge is -2.16. The molecule has 5 aromatic rings. The van der Waals surface area contributed by atoms with Gasteiger partial charge in [0.05, 0.1) is 22.8 Å². The molecule has 10 nitrogen and oxygen atoms in total. The molecule has 248 valence electrons. The van der Waals surface area contributed by atoms with E-state index in [4.69, 9.17) is 38.7 Å². The molecule has 1 aliphatic heterocycles. The van der Waals surface area contributed by atoms with Crippen LogP contribution in [0.1, 0.15) is 30.9 Å². The molecular formula is C36H37Cl2N7O3. The molecule has 1 saturated heterocycles. The summed E-state index contributed by atoms with van der Waals surface area (Å²) in [7, 11) is 1.59. The van der Waals surface area contributed by atoms with Gasteiger partial charge < -0.3 is 26.4 Å². The lowest BCUT2D eigenvalue weighted by Crippen LogP contribution is -2.35. The SMILES string of the molecule is COc1nc(-c2cccc(-c3cccc(-c4ccn5c(=O)c(CNCC(C)N)cnc5c4)c3Cl)c2Cl)ccc1CNC[C@H]1CCC(=O)N1. The lowest BCUT2D eigenvalue weighted by atomic mass is 9.97. The predicted molar refractivity (Wildman–Crippen MR) is 190 cm³/mol. The minimum absolute atomic E-state index is 0.0128. The van der Waals surface area contributed by atoms with E-state index in [0.717, 1.165) is 39.8 Å². The topological polar surface area (TPSA) is 136 Å². The highest BCUT2D eigenvalue weighted by Crippen LogP contribution is 2.42. The van der Waals surface area contributed by atoms with Crippen molar-refractivity contribution in [1.29, 1.82) is 0 Å². The zero-order valence-corrected chi connectivity index (χ0v) is 28.2. The van der Waals surface area contributed by atoms with Gasteiger partial charge in [0.2, 0.25) is 11.8 Å². The van der Waals surface area contributed by atoms with Crippen molar-refractivity contribution in [3.05, 3.63) is 105 Å². The molecule has 0 radical (unpaired) electrons. The first-order valence-corrected chi connectivity index (χ1v) is 16.6. The number of halogens is 2. The molecule has 12 heteroatoms. The van der Waals surface area contributed by atoms with Crippen molar-refractivity contribution < 1.29 is 9.53 Å². The van der Waals surface area contributed by atoms with E-state index in [1.165, 1.54) is 4.40 Å². The summed E-state index contributed by atoms with van der Waals surface area (Å²) in [6, 6.07) is 19.3. The fourth-order valence-corrected chi connectivity index (χ4v) is 6.54. The average Bonchev–Trinajstić information content (AvgIpc) is 3.50. The van der Waals surface area contributed by atoms with E-state index in [-0.39, 0.29) is 23.6 Å². The molecule has 1 unspecified atom stereocenters. The smallest absolute Gasteiger partial charge is 0.262 e. The highest BCUT2D eigenvalue weighted by atomic mass is 35.5. The fourth-order valence-electron chi connectivity index (χ4n) is 5.88. The Morgan fingerprint density at radius 3 is 2.40 bits per heavy atom. The molecule has 0 aliphatic carbocycles. The van der Waals surface area contributed by atoms with Gasteiger partial charge in [0.25, 0.3) is 5.56 Å². The number of carbonyl (C=O) groups is 1. The molecule has 2 atom stereocenters. The second kappa shape index (κ2) is 14.8. The van der Waals surface area contributed by atoms with Gasteiger partial charge in [-0.15, -0.1) is 0 Å². The Morgan fingerprint density at radius 1 is 0.979 bits per heavy atom. The lowest BCUT2D eigenvalue weighted by molar-refractivity contribution is -0.119. The largest absolute Gasteiger partial charge is 0.481 e. The van der Waals surface area contributed by atoms with Gasteiger partial charge in [0.1, 0.15) is 5.65 Å². The zero-order chi connectivity index (χ0) is 33.8. The number of ether oxygens (including phenoxy) is 1. The zero-order valence-electron chi connectivity index (χ0n) is 26.7. The van der Waals surface area contributed by atoms with Crippen molar-refractivity contribution in [2.45, 2.75) is 44.9 Å². The van der Waals surface area contributed by atoms with Gasteiger partial charge in [-0.3, -0.25) is 14.0 Å². The van der Waals surface area contributed by atoms with Crippen LogP contribution in [-0.4, -0.2) is 52.6 Å². The Hall–Kier alpha value is -4.32. The predicted octanol–water partition coefficient (Wildman–Crippen LogP) is 5.21. The van der Waals surface area contributed by atoms with Crippen LogP contribution >= 0.6 is 23.2 Å². The molecule has 0 spiro atoms. The standard InChI is InChI=1S/C36H37Cl2N7O3/c1-21(39)16-40-18-24-19-42-31-15-22(13-14-45(31)36(24)47)26-5-3-6-27(33(26)37)28-7-4-8-29(34(28)38)30-11-9-23(35(44-30)48-2)17-41-20-25-10-12-32(46)43-25/h3-9,11,13-15,19,21,25,40-41H,10,12,16-18,20,39H2,1-2H3,(H,43,46)/t21?,25-/m1/s1. The number of aromatic nitrogens is 3. The van der Waals surface area contributed by atoms with Gasteiger partial charge in [-0.25, -0.2) is 9.97 Å². The summed E-state index contributed by atoms with van der Waals surface area (Å²) in [5.74, 6) is 0.590. The van der Waals surface area contributed by atoms with Crippen LogP contribution in [0.4, 0.5) is 0 Å². The number of nitrogens with one attached hydrogen (secondary N) is 3. The van der Waals surface area contributed by atoms with Gasteiger partial charge in [-0.05, 0) is 37.1 Å². The van der Waals surface area contributed by atoms with Crippen molar-refractivity contribution in [3.8, 4) is 39.4 Å². The van der Waals surface area contributed by atoms with Crippen LogP contribution in [0, 0.1) is 0 Å². The number of benzene rings is 2. The number of carbonyl (C=O) groups excluding carboxylic acids is 1. The molecule has 6 rings (SSSR count). The first kappa shape index (κ1) is 33.6. The first-order valence-electron chi connectivity index (χ1n) is 15.8. The number of nitrogens with zero attached hydrogens (tertiary/aromatic N) is 3. The highest BCUT2D eigenvalue weighted by molar-refractivity contribution is 6.39. The number of amides is 1. The number of methoxy groups -OCH3 is 1. The number of rotatable bonds is 12. The van der Waals surface area contributed by atoms with Crippen molar-refractivity contribution >= 4 is 34.8 Å². The van der Waals surface area contributed by atoms with Crippen LogP contribution < -0.4 is 32.0 Å². The molecule has 5 N–H and O–H groups in total. The van der Waals surface area contributed by atoms with Crippen molar-refractivity contribution in [2.24, 2.45) is 5.73 Å². The molecular weight excluding hydrogens is 649 g/mol. The van der Waals surface area contributed by atoms with E-state index in [1.54, 1.807) is 19.5 Å². The maximum Gasteiger partial charge on any atom is 0.262 e. The highest BCUT2D eigenvalue weighted by Gasteiger charge is 2.21. The molecule has 0 bridgehead atoms. The maximum absolute atomic E-state index is 13.1. The Bertz CT molecular complexity index is 2030. The van der Waals surface area contributed by atoms with Gasteiger partial charge in [-0.1, -0.05) is 65.7 Å². The van der Waals surface area contributed by atoms with E-state index in [9.17, 15) is 9.59 Å². The molecule has 1 fully saturated rings. The Labute approximate surface area is 288 Å². The normalized spacial score (nSPS) is 15.1. The van der Waals surface area contributed by atoms with Crippen molar-refractivity contribution in [2.75, 3.05) is 20.2 Å². The number of fused-ring (bicyclic) bond motifs is 1. The summed E-state index contributed by atoms with van der Waals surface area (Å²) in [4.78, 5) is 33.9. The van der Waals surface area contributed by atoms with E-state index in [0.29, 0.717) is 65.4 Å². The van der Waals surface area contributed by atoms with Crippen LogP contribution in [0.5, 0.6) is 5.88 Å². The first-order chi connectivity index (χ1) is 23.2. The molecule has 2 aromatic carbocycles. The van der Waals surface area contributed by atoms with Gasteiger partial charge >= 0.3 is 0 Å². The second-order valence-electron chi connectivity index (χ2n) is 12.0. The average molecular weight is 687 g/mol. The number of nitrogens with two attached hydrogens (primary N) is 1. The number of hydrogen-bond donors (Lipinski definition) is 4. The molecule has 1 aliphatic rings. The van der Waals surface area contributed by atoms with Crippen LogP contribution in [-0.2, 0) is 17.9 Å².